The summed E-state index contributed by atoms with van der Waals surface area (Å²) in [5.74, 6) is 0.504. The van der Waals surface area contributed by atoms with Crippen LogP contribution in [0.5, 0.6) is 0 Å². The number of benzene rings is 1. The van der Waals surface area contributed by atoms with Crippen LogP contribution in [0.15, 0.2) is 18.2 Å². The highest BCUT2D eigenvalue weighted by Gasteiger charge is 2.06. The van der Waals surface area contributed by atoms with E-state index < -0.39 is 0 Å². The van der Waals surface area contributed by atoms with E-state index in [9.17, 15) is 0 Å². The lowest BCUT2D eigenvalue weighted by Gasteiger charge is -2.12. The summed E-state index contributed by atoms with van der Waals surface area (Å²) in [5, 5.41) is 8.81. The molecule has 1 aromatic rings. The number of aryl methyl sites for hydroxylation is 1. The van der Waals surface area contributed by atoms with Gasteiger partial charge < -0.3 is 0 Å². The zero-order valence-corrected chi connectivity index (χ0v) is 9.17. The first-order valence-electron chi connectivity index (χ1n) is 5.22. The van der Waals surface area contributed by atoms with Gasteiger partial charge in [0.05, 0.1) is 11.6 Å². The van der Waals surface area contributed by atoms with Crippen LogP contribution in [-0.4, -0.2) is 0 Å². The Morgan fingerprint density at radius 2 is 2.07 bits per heavy atom. The third-order valence-corrected chi connectivity index (χ3v) is 2.42. The lowest BCUT2D eigenvalue weighted by molar-refractivity contribution is 0.820. The second-order valence-corrected chi connectivity index (χ2v) is 3.93. The van der Waals surface area contributed by atoms with Gasteiger partial charge in [-0.05, 0) is 35.6 Å². The lowest BCUT2D eigenvalue weighted by atomic mass is 9.93. The minimum absolute atomic E-state index is 0.504. The van der Waals surface area contributed by atoms with Crippen molar-refractivity contribution in [3.05, 3.63) is 34.9 Å². The van der Waals surface area contributed by atoms with Gasteiger partial charge in [-0.25, -0.2) is 0 Å². The number of nitrogens with zero attached hydrogens (tertiary/aromatic N) is 1. The van der Waals surface area contributed by atoms with E-state index in [4.69, 9.17) is 5.26 Å². The first-order valence-corrected chi connectivity index (χ1v) is 5.22. The topological polar surface area (TPSA) is 23.8 Å². The second-order valence-electron chi connectivity index (χ2n) is 3.93. The Labute approximate surface area is 86.4 Å². The molecule has 0 aliphatic rings. The van der Waals surface area contributed by atoms with E-state index in [1.807, 2.05) is 12.1 Å². The largest absolute Gasteiger partial charge is 0.192 e. The Hall–Kier alpha value is -1.29. The van der Waals surface area contributed by atoms with E-state index in [2.05, 4.69) is 32.9 Å². The Morgan fingerprint density at radius 3 is 2.57 bits per heavy atom. The van der Waals surface area contributed by atoms with Gasteiger partial charge in [-0.3, -0.25) is 0 Å². The number of nitriles is 1. The summed E-state index contributed by atoms with van der Waals surface area (Å²) >= 11 is 0. The molecular weight excluding hydrogens is 170 g/mol. The van der Waals surface area contributed by atoms with Gasteiger partial charge in [0.25, 0.3) is 0 Å². The molecule has 0 amide bonds. The van der Waals surface area contributed by atoms with Crippen LogP contribution in [0, 0.1) is 11.3 Å². The fraction of sp³-hybridized carbons (Fsp3) is 0.462. The van der Waals surface area contributed by atoms with Gasteiger partial charge >= 0.3 is 0 Å². The van der Waals surface area contributed by atoms with Crippen molar-refractivity contribution in [3.63, 3.8) is 0 Å². The molecule has 0 aromatic heterocycles. The molecule has 74 valence electrons. The van der Waals surface area contributed by atoms with Gasteiger partial charge in [-0.1, -0.05) is 33.3 Å². The Bertz CT molecular complexity index is 345. The molecule has 1 nitrogen and oxygen atoms in total. The highest BCUT2D eigenvalue weighted by Crippen LogP contribution is 2.22. The summed E-state index contributed by atoms with van der Waals surface area (Å²) in [6.45, 7) is 6.54. The lowest BCUT2D eigenvalue weighted by Crippen LogP contribution is -1.97. The molecule has 0 heterocycles. The van der Waals surface area contributed by atoms with Crippen LogP contribution in [0.4, 0.5) is 0 Å². The quantitative estimate of drug-likeness (QED) is 0.708. The van der Waals surface area contributed by atoms with Crippen molar-refractivity contribution in [1.82, 2.24) is 0 Å². The first kappa shape index (κ1) is 10.8. The van der Waals surface area contributed by atoms with Crippen LogP contribution in [0.25, 0.3) is 0 Å². The minimum atomic E-state index is 0.504. The molecule has 0 N–H and O–H groups in total. The zero-order valence-electron chi connectivity index (χ0n) is 9.17. The van der Waals surface area contributed by atoms with Crippen LogP contribution in [0.1, 0.15) is 49.8 Å². The molecule has 0 bridgehead atoms. The molecule has 0 saturated carbocycles. The first-order chi connectivity index (χ1) is 6.69. The van der Waals surface area contributed by atoms with Gasteiger partial charge in [0, 0.05) is 0 Å². The normalized spacial score (nSPS) is 10.2. The van der Waals surface area contributed by atoms with Crippen LogP contribution in [-0.2, 0) is 6.42 Å². The molecule has 1 rings (SSSR count). The van der Waals surface area contributed by atoms with E-state index >= 15 is 0 Å². The van der Waals surface area contributed by atoms with Gasteiger partial charge in [-0.2, -0.15) is 5.26 Å². The molecule has 0 radical (unpaired) electrons. The van der Waals surface area contributed by atoms with Gasteiger partial charge in [0.2, 0.25) is 0 Å². The SMILES string of the molecule is CCCc1ccc(C#N)cc1C(C)C. The van der Waals surface area contributed by atoms with E-state index in [1.54, 1.807) is 0 Å². The van der Waals surface area contributed by atoms with E-state index in [0.717, 1.165) is 18.4 Å². The third-order valence-electron chi connectivity index (χ3n) is 2.42. The van der Waals surface area contributed by atoms with Crippen LogP contribution < -0.4 is 0 Å². The standard InChI is InChI=1S/C13H17N/c1-4-5-12-7-6-11(9-14)8-13(12)10(2)3/h6-8,10H,4-5H2,1-3H3. The zero-order chi connectivity index (χ0) is 10.6. The van der Waals surface area contributed by atoms with E-state index in [-0.39, 0.29) is 0 Å². The Morgan fingerprint density at radius 1 is 1.36 bits per heavy atom. The summed E-state index contributed by atoms with van der Waals surface area (Å²) in [4.78, 5) is 0. The van der Waals surface area contributed by atoms with Crippen LogP contribution >= 0.6 is 0 Å². The van der Waals surface area contributed by atoms with E-state index in [0.29, 0.717) is 5.92 Å². The molecule has 1 aromatic carbocycles. The van der Waals surface area contributed by atoms with E-state index in [1.165, 1.54) is 11.1 Å². The minimum Gasteiger partial charge on any atom is -0.192 e. The summed E-state index contributed by atoms with van der Waals surface area (Å²) in [5.41, 5.74) is 3.49. The van der Waals surface area contributed by atoms with Crippen molar-refractivity contribution in [2.75, 3.05) is 0 Å². The van der Waals surface area contributed by atoms with Crippen molar-refractivity contribution < 1.29 is 0 Å². The smallest absolute Gasteiger partial charge is 0.0991 e. The number of hydrogen-bond acceptors (Lipinski definition) is 1. The molecule has 1 heteroatoms. The Kier molecular flexibility index (Phi) is 3.71. The van der Waals surface area contributed by atoms with Gasteiger partial charge in [-0.15, -0.1) is 0 Å². The number of hydrogen-bond donors (Lipinski definition) is 0. The summed E-state index contributed by atoms with van der Waals surface area (Å²) in [6, 6.07) is 8.22. The van der Waals surface area contributed by atoms with Crippen molar-refractivity contribution in [1.29, 1.82) is 5.26 Å². The van der Waals surface area contributed by atoms with Crippen molar-refractivity contribution in [2.24, 2.45) is 0 Å². The molecule has 0 aliphatic carbocycles. The van der Waals surface area contributed by atoms with Crippen molar-refractivity contribution in [3.8, 4) is 6.07 Å². The highest BCUT2D eigenvalue weighted by molar-refractivity contribution is 5.39. The maximum Gasteiger partial charge on any atom is 0.0991 e. The molecule has 0 atom stereocenters. The maximum absolute atomic E-state index is 8.81. The number of rotatable bonds is 3. The second kappa shape index (κ2) is 4.81. The summed E-state index contributed by atoms with van der Waals surface area (Å²) in [6.07, 6.45) is 2.27. The molecule has 14 heavy (non-hydrogen) atoms. The molecule has 0 saturated heterocycles. The highest BCUT2D eigenvalue weighted by atomic mass is 14.2. The van der Waals surface area contributed by atoms with Crippen LogP contribution in [0.3, 0.4) is 0 Å². The van der Waals surface area contributed by atoms with Gasteiger partial charge in [0.15, 0.2) is 0 Å². The predicted molar refractivity (Wildman–Crippen MR) is 59.2 cm³/mol. The predicted octanol–water partition coefficient (Wildman–Crippen LogP) is 3.63. The molecule has 0 unspecified atom stereocenters. The summed E-state index contributed by atoms with van der Waals surface area (Å²) in [7, 11) is 0. The summed E-state index contributed by atoms with van der Waals surface area (Å²) < 4.78 is 0. The average Bonchev–Trinajstić information content (AvgIpc) is 2.18. The fourth-order valence-electron chi connectivity index (χ4n) is 1.70. The molecular formula is C13H17N. The molecule has 0 aliphatic heterocycles. The fourth-order valence-corrected chi connectivity index (χ4v) is 1.70. The Balaban J connectivity index is 3.12. The maximum atomic E-state index is 8.81. The average molecular weight is 187 g/mol. The van der Waals surface area contributed by atoms with Crippen LogP contribution in [0.2, 0.25) is 0 Å². The molecule has 0 fully saturated rings. The molecule has 0 spiro atoms. The van der Waals surface area contributed by atoms with Crippen molar-refractivity contribution in [2.45, 2.75) is 39.5 Å². The van der Waals surface area contributed by atoms with Crippen molar-refractivity contribution >= 4 is 0 Å². The monoisotopic (exact) mass is 187 g/mol. The third kappa shape index (κ3) is 2.35. The van der Waals surface area contributed by atoms with Gasteiger partial charge in [0.1, 0.15) is 0 Å².